The number of carbonyl (C=O) groups excluding carboxylic acids is 2. The number of hydrogen-bond acceptors (Lipinski definition) is 4. The zero-order valence-electron chi connectivity index (χ0n) is 19.1. The number of aromatic nitrogens is 2. The summed E-state index contributed by atoms with van der Waals surface area (Å²) in [7, 11) is 1.49. The maximum absolute atomic E-state index is 13.8. The van der Waals surface area contributed by atoms with Crippen molar-refractivity contribution in [2.75, 3.05) is 18.6 Å². The predicted molar refractivity (Wildman–Crippen MR) is 122 cm³/mol. The summed E-state index contributed by atoms with van der Waals surface area (Å²) in [6.45, 7) is 1.57. The molecule has 2 aliphatic rings. The molecule has 0 atom stereocenters. The average molecular weight is 484 g/mol. The number of methoxy groups -OCH3 is 1. The number of amides is 2. The summed E-state index contributed by atoms with van der Waals surface area (Å²) in [5.41, 5.74) is 0.205. The number of alkyl halides is 3. The summed E-state index contributed by atoms with van der Waals surface area (Å²) in [5, 5.41) is 6.78. The van der Waals surface area contributed by atoms with E-state index in [4.69, 9.17) is 4.74 Å². The van der Waals surface area contributed by atoms with E-state index in [1.54, 1.807) is 36.4 Å². The zero-order valence-corrected chi connectivity index (χ0v) is 19.1. The Balaban J connectivity index is 1.51. The first-order valence-electron chi connectivity index (χ1n) is 11.2. The van der Waals surface area contributed by atoms with E-state index in [0.29, 0.717) is 17.1 Å². The van der Waals surface area contributed by atoms with E-state index in [1.807, 2.05) is 12.1 Å². The van der Waals surface area contributed by atoms with Gasteiger partial charge in [-0.3, -0.25) is 9.59 Å². The second-order valence-corrected chi connectivity index (χ2v) is 8.80. The van der Waals surface area contributed by atoms with E-state index in [-0.39, 0.29) is 35.7 Å². The van der Waals surface area contributed by atoms with Gasteiger partial charge in [0, 0.05) is 24.7 Å². The molecule has 0 unspecified atom stereocenters. The van der Waals surface area contributed by atoms with Crippen molar-refractivity contribution >= 4 is 17.5 Å². The van der Waals surface area contributed by atoms with E-state index in [1.165, 1.54) is 18.9 Å². The molecule has 2 amide bonds. The summed E-state index contributed by atoms with van der Waals surface area (Å²) in [4.78, 5) is 26.5. The summed E-state index contributed by atoms with van der Waals surface area (Å²) < 4.78 is 47.5. The maximum atomic E-state index is 13.8. The van der Waals surface area contributed by atoms with Gasteiger partial charge in [0.2, 0.25) is 5.91 Å². The molecule has 1 fully saturated rings. The molecule has 10 heteroatoms. The lowest BCUT2D eigenvalue weighted by Crippen LogP contribution is -2.39. The molecule has 0 bridgehead atoms. The molecule has 1 aliphatic carbocycles. The first-order chi connectivity index (χ1) is 16.6. The highest BCUT2D eigenvalue weighted by molar-refractivity contribution is 6.07. The molecule has 1 aliphatic heterocycles. The number of hydrogen-bond donors (Lipinski definition) is 1. The van der Waals surface area contributed by atoms with Crippen LogP contribution >= 0.6 is 0 Å². The molecule has 0 spiro atoms. The Morgan fingerprint density at radius 2 is 1.69 bits per heavy atom. The second kappa shape index (κ2) is 8.14. The SMILES string of the molecule is COc1ccc(-n2nc(C(F)(F)F)c3c2C(=O)N(c2ccc(C4(NC(C)=O)CC4)cc2)CC3)cc1. The third kappa shape index (κ3) is 4.02. The minimum atomic E-state index is -4.69. The van der Waals surface area contributed by atoms with Crippen LogP contribution in [0.15, 0.2) is 48.5 Å². The third-order valence-corrected chi connectivity index (χ3v) is 6.50. The minimum Gasteiger partial charge on any atom is -0.497 e. The highest BCUT2D eigenvalue weighted by Crippen LogP contribution is 2.46. The van der Waals surface area contributed by atoms with Gasteiger partial charge in [-0.2, -0.15) is 18.3 Å². The minimum absolute atomic E-state index is 0.0175. The molecule has 0 saturated heterocycles. The number of anilines is 1. The highest BCUT2D eigenvalue weighted by atomic mass is 19.4. The van der Waals surface area contributed by atoms with Crippen LogP contribution < -0.4 is 15.0 Å². The number of benzene rings is 2. The largest absolute Gasteiger partial charge is 0.497 e. The third-order valence-electron chi connectivity index (χ3n) is 6.50. The van der Waals surface area contributed by atoms with E-state index in [0.717, 1.165) is 23.1 Å². The fraction of sp³-hybridized carbons (Fsp3) is 0.320. The number of nitrogens with zero attached hydrogens (tertiary/aromatic N) is 3. The van der Waals surface area contributed by atoms with Gasteiger partial charge in [-0.25, -0.2) is 4.68 Å². The van der Waals surface area contributed by atoms with Gasteiger partial charge in [0.1, 0.15) is 11.4 Å². The van der Waals surface area contributed by atoms with E-state index in [2.05, 4.69) is 10.4 Å². The van der Waals surface area contributed by atoms with Crippen molar-refractivity contribution in [1.29, 1.82) is 0 Å². The summed E-state index contributed by atoms with van der Waals surface area (Å²) in [6.07, 6.45) is -3.00. The smallest absolute Gasteiger partial charge is 0.435 e. The molecule has 1 N–H and O–H groups in total. The molecule has 0 radical (unpaired) electrons. The number of carbonyl (C=O) groups is 2. The zero-order chi connectivity index (χ0) is 25.0. The first kappa shape index (κ1) is 22.9. The highest BCUT2D eigenvalue weighted by Gasteiger charge is 2.46. The van der Waals surface area contributed by atoms with Crippen LogP contribution in [0.25, 0.3) is 5.69 Å². The van der Waals surface area contributed by atoms with Gasteiger partial charge in [0.15, 0.2) is 5.69 Å². The monoisotopic (exact) mass is 484 g/mol. The van der Waals surface area contributed by atoms with Crippen LogP contribution in [0.4, 0.5) is 18.9 Å². The Labute approximate surface area is 199 Å². The molecule has 2 aromatic carbocycles. The van der Waals surface area contributed by atoms with Gasteiger partial charge in [-0.05, 0) is 61.2 Å². The van der Waals surface area contributed by atoms with Gasteiger partial charge < -0.3 is 15.0 Å². The predicted octanol–water partition coefficient (Wildman–Crippen LogP) is 4.23. The Morgan fingerprint density at radius 1 is 1.06 bits per heavy atom. The van der Waals surface area contributed by atoms with Gasteiger partial charge >= 0.3 is 6.18 Å². The maximum Gasteiger partial charge on any atom is 0.435 e. The van der Waals surface area contributed by atoms with Crippen molar-refractivity contribution < 1.29 is 27.5 Å². The van der Waals surface area contributed by atoms with E-state index in [9.17, 15) is 22.8 Å². The van der Waals surface area contributed by atoms with E-state index >= 15 is 0 Å². The van der Waals surface area contributed by atoms with Crippen molar-refractivity contribution in [3.8, 4) is 11.4 Å². The van der Waals surface area contributed by atoms with Crippen LogP contribution in [0.3, 0.4) is 0 Å². The normalized spacial score (nSPS) is 16.6. The van der Waals surface area contributed by atoms with Crippen molar-refractivity contribution in [3.63, 3.8) is 0 Å². The van der Waals surface area contributed by atoms with Crippen LogP contribution in [0, 0.1) is 0 Å². The molecule has 182 valence electrons. The molecule has 7 nitrogen and oxygen atoms in total. The topological polar surface area (TPSA) is 76.5 Å². The Hall–Kier alpha value is -3.82. The van der Waals surface area contributed by atoms with Crippen LogP contribution in [-0.2, 0) is 22.9 Å². The van der Waals surface area contributed by atoms with Crippen molar-refractivity contribution in [2.24, 2.45) is 0 Å². The Bertz CT molecular complexity index is 1290. The van der Waals surface area contributed by atoms with Crippen molar-refractivity contribution in [1.82, 2.24) is 15.1 Å². The van der Waals surface area contributed by atoms with Crippen LogP contribution in [0.5, 0.6) is 5.75 Å². The van der Waals surface area contributed by atoms with Crippen LogP contribution in [0.1, 0.15) is 47.1 Å². The second-order valence-electron chi connectivity index (χ2n) is 8.80. The number of nitrogens with one attached hydrogen (secondary N) is 1. The average Bonchev–Trinajstić information content (AvgIpc) is 3.48. The van der Waals surface area contributed by atoms with Crippen molar-refractivity contribution in [3.05, 3.63) is 71.0 Å². The van der Waals surface area contributed by atoms with Gasteiger partial charge in [-0.1, -0.05) is 12.1 Å². The number of ether oxygens (including phenoxy) is 1. The fourth-order valence-electron chi connectivity index (χ4n) is 4.65. The molecule has 2 heterocycles. The molecular weight excluding hydrogens is 461 g/mol. The van der Waals surface area contributed by atoms with Gasteiger partial charge in [-0.15, -0.1) is 0 Å². The lowest BCUT2D eigenvalue weighted by molar-refractivity contribution is -0.142. The number of fused-ring (bicyclic) bond motifs is 1. The molecule has 35 heavy (non-hydrogen) atoms. The molecule has 1 aromatic heterocycles. The number of halogens is 3. The van der Waals surface area contributed by atoms with Crippen LogP contribution in [-0.4, -0.2) is 35.2 Å². The lowest BCUT2D eigenvalue weighted by atomic mass is 10.0. The van der Waals surface area contributed by atoms with Crippen LogP contribution in [0.2, 0.25) is 0 Å². The molecule has 5 rings (SSSR count). The van der Waals surface area contributed by atoms with Gasteiger partial charge in [0.05, 0.1) is 18.3 Å². The standard InChI is InChI=1S/C25H23F3N4O3/c1-15(33)29-24(12-13-24)16-3-5-17(6-4-16)31-14-11-20-21(23(31)34)32(30-22(20)25(26,27)28)18-7-9-19(35-2)10-8-18/h3-10H,11-14H2,1-2H3,(H,29,33). The lowest BCUT2D eigenvalue weighted by Gasteiger charge is -2.28. The summed E-state index contributed by atoms with van der Waals surface area (Å²) >= 11 is 0. The molecule has 1 saturated carbocycles. The Kier molecular flexibility index (Phi) is 5.34. The van der Waals surface area contributed by atoms with Gasteiger partial charge in [0.25, 0.3) is 5.91 Å². The summed E-state index contributed by atoms with van der Waals surface area (Å²) in [5.74, 6) is -0.134. The summed E-state index contributed by atoms with van der Waals surface area (Å²) in [6, 6.07) is 13.5. The molecular formula is C25H23F3N4O3. The van der Waals surface area contributed by atoms with E-state index < -0.39 is 17.8 Å². The first-order valence-corrected chi connectivity index (χ1v) is 11.2. The van der Waals surface area contributed by atoms with Crippen molar-refractivity contribution in [2.45, 2.75) is 37.9 Å². The molecule has 3 aromatic rings. The number of rotatable bonds is 5. The quantitative estimate of drug-likeness (QED) is 0.588. The fourth-order valence-corrected chi connectivity index (χ4v) is 4.65. The Morgan fingerprint density at radius 3 is 2.23 bits per heavy atom.